The number of carbonyl (C=O) groups is 1. The lowest BCUT2D eigenvalue weighted by Crippen LogP contribution is -2.37. The number of anilines is 1. The molecule has 1 aliphatic rings. The van der Waals surface area contributed by atoms with Crippen molar-refractivity contribution in [2.75, 3.05) is 25.5 Å². The Morgan fingerprint density at radius 3 is 2.69 bits per heavy atom. The molecule has 166 valence electrons. The van der Waals surface area contributed by atoms with Crippen LogP contribution < -0.4 is 10.1 Å². The molecule has 1 fully saturated rings. The number of carbonyl (C=O) groups excluding carboxylic acids is 1. The van der Waals surface area contributed by atoms with Gasteiger partial charge in [-0.25, -0.2) is 0 Å². The number of methoxy groups -OCH3 is 1. The molecule has 0 aliphatic carbocycles. The summed E-state index contributed by atoms with van der Waals surface area (Å²) >= 11 is 0. The van der Waals surface area contributed by atoms with Gasteiger partial charge in [0.05, 0.1) is 18.6 Å². The number of aromatic nitrogens is 2. The van der Waals surface area contributed by atoms with Crippen LogP contribution in [0.3, 0.4) is 0 Å². The van der Waals surface area contributed by atoms with Crippen molar-refractivity contribution < 1.29 is 19.0 Å². The second-order valence-corrected chi connectivity index (χ2v) is 7.59. The van der Waals surface area contributed by atoms with E-state index >= 15 is 0 Å². The molecule has 0 spiro atoms. The summed E-state index contributed by atoms with van der Waals surface area (Å²) in [4.78, 5) is 29.6. The molecular weight excluding hydrogens is 414 g/mol. The van der Waals surface area contributed by atoms with E-state index in [2.05, 4.69) is 20.4 Å². The van der Waals surface area contributed by atoms with Crippen molar-refractivity contribution in [3.63, 3.8) is 0 Å². The highest BCUT2D eigenvalue weighted by Gasteiger charge is 2.26. The topological polar surface area (TPSA) is 124 Å². The van der Waals surface area contributed by atoms with Crippen molar-refractivity contribution in [2.24, 2.45) is 5.92 Å². The quantitative estimate of drug-likeness (QED) is 0.440. The largest absolute Gasteiger partial charge is 0.497 e. The highest BCUT2D eigenvalue weighted by atomic mass is 16.6. The van der Waals surface area contributed by atoms with Crippen LogP contribution in [0.25, 0.3) is 11.4 Å². The standard InChI is InChI=1S/C22H23N5O5/c1-31-19-7-5-15(6-8-19)21-24-20(32-25-21)14-26-11-9-16(10-12-26)22(28)23-17-3-2-4-18(13-17)27(29)30/h2-8,13,16H,9-12,14H2,1H3,(H,23,28). The predicted octanol–water partition coefficient (Wildman–Crippen LogP) is 3.50. The van der Waals surface area contributed by atoms with Gasteiger partial charge in [-0.3, -0.25) is 19.8 Å². The van der Waals surface area contributed by atoms with Gasteiger partial charge in [0.1, 0.15) is 5.75 Å². The monoisotopic (exact) mass is 437 g/mol. The van der Waals surface area contributed by atoms with Gasteiger partial charge >= 0.3 is 0 Å². The third-order valence-electron chi connectivity index (χ3n) is 5.46. The molecule has 0 bridgehead atoms. The van der Waals surface area contributed by atoms with Crippen LogP contribution in [-0.4, -0.2) is 46.1 Å². The molecule has 1 aliphatic heterocycles. The lowest BCUT2D eigenvalue weighted by Gasteiger charge is -2.30. The van der Waals surface area contributed by atoms with Crippen LogP contribution in [0.5, 0.6) is 5.75 Å². The molecule has 1 saturated heterocycles. The number of piperidine rings is 1. The van der Waals surface area contributed by atoms with Gasteiger partial charge in [-0.2, -0.15) is 4.98 Å². The Morgan fingerprint density at radius 2 is 2.00 bits per heavy atom. The van der Waals surface area contributed by atoms with Gasteiger partial charge in [0.2, 0.25) is 17.6 Å². The first-order valence-electron chi connectivity index (χ1n) is 10.3. The molecule has 32 heavy (non-hydrogen) atoms. The Bertz CT molecular complexity index is 1090. The minimum atomic E-state index is -0.480. The Labute approximate surface area is 184 Å². The van der Waals surface area contributed by atoms with Gasteiger partial charge < -0.3 is 14.6 Å². The summed E-state index contributed by atoms with van der Waals surface area (Å²) in [6.45, 7) is 1.95. The molecule has 1 amide bonds. The van der Waals surface area contributed by atoms with Gasteiger partial charge in [-0.05, 0) is 56.3 Å². The highest BCUT2D eigenvalue weighted by Crippen LogP contribution is 2.24. The first-order valence-corrected chi connectivity index (χ1v) is 10.3. The number of non-ortho nitro benzene ring substituents is 1. The van der Waals surface area contributed by atoms with Crippen LogP contribution in [0.15, 0.2) is 53.1 Å². The summed E-state index contributed by atoms with van der Waals surface area (Å²) in [5.41, 5.74) is 1.23. The van der Waals surface area contributed by atoms with Crippen LogP contribution in [0.4, 0.5) is 11.4 Å². The molecular formula is C22H23N5O5. The molecule has 2 heterocycles. The SMILES string of the molecule is COc1ccc(-c2noc(CN3CCC(C(=O)Nc4cccc([N+](=O)[O-])c4)CC3)n2)cc1. The van der Waals surface area contributed by atoms with E-state index in [-0.39, 0.29) is 17.5 Å². The van der Waals surface area contributed by atoms with E-state index in [1.807, 2.05) is 24.3 Å². The van der Waals surface area contributed by atoms with Crippen LogP contribution in [-0.2, 0) is 11.3 Å². The Kier molecular flexibility index (Phi) is 6.41. The van der Waals surface area contributed by atoms with Crippen molar-refractivity contribution >= 4 is 17.3 Å². The molecule has 0 unspecified atom stereocenters. The van der Waals surface area contributed by atoms with E-state index in [0.29, 0.717) is 49.9 Å². The maximum absolute atomic E-state index is 12.6. The number of nitro groups is 1. The third kappa shape index (κ3) is 5.09. The molecule has 0 saturated carbocycles. The fraction of sp³-hybridized carbons (Fsp3) is 0.318. The van der Waals surface area contributed by atoms with Crippen LogP contribution >= 0.6 is 0 Å². The average molecular weight is 437 g/mol. The number of amides is 1. The summed E-state index contributed by atoms with van der Waals surface area (Å²) in [5, 5.41) is 17.7. The maximum atomic E-state index is 12.6. The minimum Gasteiger partial charge on any atom is -0.497 e. The number of hydrogen-bond acceptors (Lipinski definition) is 8. The maximum Gasteiger partial charge on any atom is 0.271 e. The van der Waals surface area contributed by atoms with Gasteiger partial charge in [-0.1, -0.05) is 11.2 Å². The zero-order chi connectivity index (χ0) is 22.5. The number of ether oxygens (including phenoxy) is 1. The van der Waals surface area contributed by atoms with Crippen molar-refractivity contribution in [3.05, 3.63) is 64.5 Å². The van der Waals surface area contributed by atoms with Crippen LogP contribution in [0, 0.1) is 16.0 Å². The average Bonchev–Trinajstić information content (AvgIpc) is 3.28. The minimum absolute atomic E-state index is 0.0498. The Morgan fingerprint density at radius 1 is 1.25 bits per heavy atom. The van der Waals surface area contributed by atoms with Crippen molar-refractivity contribution in [1.82, 2.24) is 15.0 Å². The van der Waals surface area contributed by atoms with E-state index in [1.54, 1.807) is 19.2 Å². The molecule has 0 atom stereocenters. The molecule has 0 radical (unpaired) electrons. The summed E-state index contributed by atoms with van der Waals surface area (Å²) in [5.74, 6) is 1.53. The van der Waals surface area contributed by atoms with Gasteiger partial charge in [-0.15, -0.1) is 0 Å². The van der Waals surface area contributed by atoms with E-state index < -0.39 is 4.92 Å². The zero-order valence-corrected chi connectivity index (χ0v) is 17.6. The molecule has 1 aromatic heterocycles. The molecule has 1 N–H and O–H groups in total. The highest BCUT2D eigenvalue weighted by molar-refractivity contribution is 5.92. The third-order valence-corrected chi connectivity index (χ3v) is 5.46. The first kappa shape index (κ1) is 21.4. The number of nitrogens with one attached hydrogen (secondary N) is 1. The summed E-state index contributed by atoms with van der Waals surface area (Å²) in [6, 6.07) is 13.4. The van der Waals surface area contributed by atoms with Crippen molar-refractivity contribution in [3.8, 4) is 17.1 Å². The number of nitro benzene ring substituents is 1. The number of likely N-dealkylation sites (tertiary alicyclic amines) is 1. The number of benzene rings is 2. The smallest absolute Gasteiger partial charge is 0.271 e. The normalized spacial score (nSPS) is 14.8. The van der Waals surface area contributed by atoms with E-state index in [9.17, 15) is 14.9 Å². The summed E-state index contributed by atoms with van der Waals surface area (Å²) < 4.78 is 10.6. The molecule has 10 heteroatoms. The fourth-order valence-corrected chi connectivity index (χ4v) is 3.66. The summed E-state index contributed by atoms with van der Waals surface area (Å²) in [6.07, 6.45) is 1.36. The first-order chi connectivity index (χ1) is 15.5. The van der Waals surface area contributed by atoms with Crippen LogP contribution in [0.2, 0.25) is 0 Å². The fourth-order valence-electron chi connectivity index (χ4n) is 3.66. The number of hydrogen-bond donors (Lipinski definition) is 1. The van der Waals surface area contributed by atoms with E-state index in [1.165, 1.54) is 12.1 Å². The van der Waals surface area contributed by atoms with Crippen molar-refractivity contribution in [1.29, 1.82) is 0 Å². The lowest BCUT2D eigenvalue weighted by atomic mass is 9.96. The van der Waals surface area contributed by atoms with Gasteiger partial charge in [0.15, 0.2) is 0 Å². The second kappa shape index (κ2) is 9.56. The number of nitrogens with zero attached hydrogens (tertiary/aromatic N) is 4. The van der Waals surface area contributed by atoms with Gasteiger partial charge in [0.25, 0.3) is 5.69 Å². The van der Waals surface area contributed by atoms with E-state index in [0.717, 1.165) is 11.3 Å². The molecule has 10 nitrogen and oxygen atoms in total. The predicted molar refractivity (Wildman–Crippen MR) is 116 cm³/mol. The number of rotatable bonds is 7. The molecule has 2 aromatic carbocycles. The second-order valence-electron chi connectivity index (χ2n) is 7.59. The van der Waals surface area contributed by atoms with Crippen LogP contribution in [0.1, 0.15) is 18.7 Å². The lowest BCUT2D eigenvalue weighted by molar-refractivity contribution is -0.384. The van der Waals surface area contributed by atoms with Gasteiger partial charge in [0, 0.05) is 29.3 Å². The Balaban J connectivity index is 1.28. The van der Waals surface area contributed by atoms with E-state index in [4.69, 9.17) is 9.26 Å². The van der Waals surface area contributed by atoms with Crippen molar-refractivity contribution in [2.45, 2.75) is 19.4 Å². The molecule has 4 rings (SSSR count). The zero-order valence-electron chi connectivity index (χ0n) is 17.6. The summed E-state index contributed by atoms with van der Waals surface area (Å²) in [7, 11) is 1.61. The Hall–Kier alpha value is -3.79. The molecule has 3 aromatic rings.